The third-order valence-corrected chi connectivity index (χ3v) is 3.60. The van der Waals surface area contributed by atoms with Crippen LogP contribution in [0, 0.1) is 0 Å². The zero-order valence-electron chi connectivity index (χ0n) is 9.84. The van der Waals surface area contributed by atoms with Crippen LogP contribution < -0.4 is 5.32 Å². The minimum Gasteiger partial charge on any atom is -0.477 e. The molecule has 2 N–H and O–H groups in total. The number of nitrogens with one attached hydrogen (secondary N) is 1. The highest BCUT2D eigenvalue weighted by Gasteiger charge is 2.24. The van der Waals surface area contributed by atoms with E-state index in [9.17, 15) is 9.59 Å². The molecule has 0 spiro atoms. The molecule has 0 aliphatic carbocycles. The molecule has 0 bridgehead atoms. The van der Waals surface area contributed by atoms with Gasteiger partial charge in [-0.25, -0.2) is 9.59 Å². The van der Waals surface area contributed by atoms with Crippen molar-refractivity contribution in [1.29, 1.82) is 0 Å². The number of carbonyl (C=O) groups is 2. The smallest absolute Gasteiger partial charge is 0.412 e. The Morgan fingerprint density at radius 2 is 1.89 bits per heavy atom. The maximum absolute atomic E-state index is 11.5. The molecule has 18 heavy (non-hydrogen) atoms. The van der Waals surface area contributed by atoms with Gasteiger partial charge in [-0.15, -0.1) is 11.3 Å². The Labute approximate surface area is 118 Å². The van der Waals surface area contributed by atoms with Gasteiger partial charge in [-0.3, -0.25) is 5.32 Å². The summed E-state index contributed by atoms with van der Waals surface area (Å²) in [5, 5.41) is 11.2. The van der Waals surface area contributed by atoms with Gasteiger partial charge in [0.2, 0.25) is 0 Å². The zero-order chi connectivity index (χ0) is 14.1. The Hall–Kier alpha value is -0.980. The summed E-state index contributed by atoms with van der Waals surface area (Å²) in [4.78, 5) is 22.4. The summed E-state index contributed by atoms with van der Waals surface area (Å²) in [6, 6.07) is 0. The highest BCUT2D eigenvalue weighted by Crippen LogP contribution is 2.41. The molecule has 1 heterocycles. The van der Waals surface area contributed by atoms with E-state index in [1.165, 1.54) is 0 Å². The molecule has 0 radical (unpaired) electrons. The SMILES string of the molecule is CC(C)(C)OC(=O)Nc1c(C(=O)O)sc(Cl)c1Cl. The van der Waals surface area contributed by atoms with Gasteiger partial charge in [0.05, 0.1) is 10.7 Å². The summed E-state index contributed by atoms with van der Waals surface area (Å²) in [5.74, 6) is -1.22. The van der Waals surface area contributed by atoms with Gasteiger partial charge in [-0.05, 0) is 20.8 Å². The highest BCUT2D eigenvalue weighted by atomic mass is 35.5. The molecule has 1 aromatic heterocycles. The maximum atomic E-state index is 11.5. The molecule has 5 nitrogen and oxygen atoms in total. The normalized spacial score (nSPS) is 11.2. The Balaban J connectivity index is 2.97. The van der Waals surface area contributed by atoms with Crippen molar-refractivity contribution < 1.29 is 19.4 Å². The fourth-order valence-corrected chi connectivity index (χ4v) is 2.40. The summed E-state index contributed by atoms with van der Waals surface area (Å²) in [6.45, 7) is 5.06. The predicted octanol–water partition coefficient (Wildman–Crippen LogP) is 4.10. The number of carbonyl (C=O) groups excluding carboxylic acids is 1. The number of carboxylic acid groups (broad SMARTS) is 1. The first kappa shape index (κ1) is 15.1. The van der Waals surface area contributed by atoms with E-state index in [2.05, 4.69) is 5.32 Å². The minimum absolute atomic E-state index is 0.00933. The topological polar surface area (TPSA) is 75.6 Å². The lowest BCUT2D eigenvalue weighted by Crippen LogP contribution is -2.27. The molecule has 0 saturated heterocycles. The van der Waals surface area contributed by atoms with Crippen LogP contribution in [0.5, 0.6) is 0 Å². The van der Waals surface area contributed by atoms with Gasteiger partial charge < -0.3 is 9.84 Å². The second-order valence-electron chi connectivity index (χ2n) is 4.33. The van der Waals surface area contributed by atoms with Crippen molar-refractivity contribution in [2.75, 3.05) is 5.32 Å². The van der Waals surface area contributed by atoms with Crippen LogP contribution in [0.4, 0.5) is 10.5 Å². The molecular weight excluding hydrogens is 301 g/mol. The van der Waals surface area contributed by atoms with Gasteiger partial charge >= 0.3 is 12.1 Å². The quantitative estimate of drug-likeness (QED) is 0.862. The van der Waals surface area contributed by atoms with Crippen molar-refractivity contribution in [3.63, 3.8) is 0 Å². The molecular formula is C10H11Cl2NO4S. The Bertz CT molecular complexity index is 493. The van der Waals surface area contributed by atoms with Crippen LogP contribution in [0.2, 0.25) is 9.36 Å². The summed E-state index contributed by atoms with van der Waals surface area (Å²) >= 11 is 12.3. The lowest BCUT2D eigenvalue weighted by molar-refractivity contribution is 0.0636. The first-order chi connectivity index (χ1) is 8.11. The molecule has 1 rings (SSSR count). The summed E-state index contributed by atoms with van der Waals surface area (Å²) in [7, 11) is 0. The van der Waals surface area contributed by atoms with Crippen LogP contribution in [0.3, 0.4) is 0 Å². The van der Waals surface area contributed by atoms with E-state index < -0.39 is 17.7 Å². The van der Waals surface area contributed by atoms with Gasteiger partial charge in [0.25, 0.3) is 0 Å². The summed E-state index contributed by atoms with van der Waals surface area (Å²) in [5.41, 5.74) is -0.742. The lowest BCUT2D eigenvalue weighted by Gasteiger charge is -2.19. The van der Waals surface area contributed by atoms with E-state index in [1.54, 1.807) is 20.8 Å². The maximum Gasteiger partial charge on any atom is 0.412 e. The van der Waals surface area contributed by atoms with E-state index in [4.69, 9.17) is 33.0 Å². The first-order valence-corrected chi connectivity index (χ1v) is 6.40. The van der Waals surface area contributed by atoms with Crippen LogP contribution in [0.1, 0.15) is 30.4 Å². The van der Waals surface area contributed by atoms with E-state index in [1.807, 2.05) is 0 Å². The molecule has 0 aromatic carbocycles. The monoisotopic (exact) mass is 311 g/mol. The average molecular weight is 312 g/mol. The molecule has 1 aromatic rings. The van der Waals surface area contributed by atoms with Crippen LogP contribution in [0.15, 0.2) is 0 Å². The Kier molecular flexibility index (Phi) is 4.47. The summed E-state index contributed by atoms with van der Waals surface area (Å²) < 4.78 is 5.10. The van der Waals surface area contributed by atoms with Crippen molar-refractivity contribution in [1.82, 2.24) is 0 Å². The molecule has 8 heteroatoms. The molecule has 1 amide bonds. The fraction of sp³-hybridized carbons (Fsp3) is 0.400. The second kappa shape index (κ2) is 5.34. The van der Waals surface area contributed by atoms with Crippen LogP contribution in [-0.2, 0) is 4.74 Å². The molecule has 0 aliphatic heterocycles. The van der Waals surface area contributed by atoms with E-state index in [0.717, 1.165) is 11.3 Å². The number of halogens is 2. The third-order valence-electron chi connectivity index (χ3n) is 1.63. The first-order valence-electron chi connectivity index (χ1n) is 4.83. The molecule has 0 fully saturated rings. The van der Waals surface area contributed by atoms with Crippen LogP contribution in [0.25, 0.3) is 0 Å². The molecule has 100 valence electrons. The highest BCUT2D eigenvalue weighted by molar-refractivity contribution is 7.19. The van der Waals surface area contributed by atoms with E-state index in [-0.39, 0.29) is 19.9 Å². The van der Waals surface area contributed by atoms with Crippen molar-refractivity contribution >= 4 is 52.3 Å². The average Bonchev–Trinajstić information content (AvgIpc) is 2.43. The predicted molar refractivity (Wildman–Crippen MR) is 71.2 cm³/mol. The standard InChI is InChI=1S/C10H11Cl2NO4S/c1-10(2,3)17-9(16)13-5-4(11)7(12)18-6(5)8(14)15/h1-3H3,(H,13,16)(H,14,15). The van der Waals surface area contributed by atoms with Crippen molar-refractivity contribution in [3.8, 4) is 0 Å². The number of ether oxygens (including phenoxy) is 1. The van der Waals surface area contributed by atoms with E-state index in [0.29, 0.717) is 0 Å². The van der Waals surface area contributed by atoms with Gasteiger partial charge in [-0.2, -0.15) is 0 Å². The number of amides is 1. The largest absolute Gasteiger partial charge is 0.477 e. The Morgan fingerprint density at radius 3 is 2.33 bits per heavy atom. The summed E-state index contributed by atoms with van der Waals surface area (Å²) in [6.07, 6.45) is -0.790. The molecule has 0 unspecified atom stereocenters. The minimum atomic E-state index is -1.22. The molecule has 0 aliphatic rings. The molecule has 0 atom stereocenters. The zero-order valence-corrected chi connectivity index (χ0v) is 12.2. The van der Waals surface area contributed by atoms with Gasteiger partial charge in [-0.1, -0.05) is 23.2 Å². The third kappa shape index (κ3) is 3.76. The van der Waals surface area contributed by atoms with Crippen LogP contribution >= 0.6 is 34.5 Å². The van der Waals surface area contributed by atoms with Gasteiger partial charge in [0, 0.05) is 0 Å². The second-order valence-corrected chi connectivity index (χ2v) is 6.33. The van der Waals surface area contributed by atoms with Crippen molar-refractivity contribution in [3.05, 3.63) is 14.2 Å². The lowest BCUT2D eigenvalue weighted by atomic mass is 10.2. The number of thiophene rings is 1. The van der Waals surface area contributed by atoms with Gasteiger partial charge in [0.1, 0.15) is 14.8 Å². The number of hydrogen-bond acceptors (Lipinski definition) is 4. The molecule has 0 saturated carbocycles. The number of hydrogen-bond donors (Lipinski definition) is 2. The van der Waals surface area contributed by atoms with E-state index >= 15 is 0 Å². The number of aromatic carboxylic acids is 1. The number of anilines is 1. The number of carboxylic acids is 1. The van der Waals surface area contributed by atoms with Crippen molar-refractivity contribution in [2.24, 2.45) is 0 Å². The number of rotatable bonds is 2. The van der Waals surface area contributed by atoms with Gasteiger partial charge in [0.15, 0.2) is 0 Å². The fourth-order valence-electron chi connectivity index (χ4n) is 1.05. The van der Waals surface area contributed by atoms with Crippen molar-refractivity contribution in [2.45, 2.75) is 26.4 Å². The Morgan fingerprint density at radius 1 is 1.33 bits per heavy atom. The van der Waals surface area contributed by atoms with Crippen LogP contribution in [-0.4, -0.2) is 22.8 Å².